The first-order chi connectivity index (χ1) is 11.2. The highest BCUT2D eigenvalue weighted by molar-refractivity contribution is 6.30. The van der Waals surface area contributed by atoms with E-state index in [1.165, 1.54) is 0 Å². The lowest BCUT2D eigenvalue weighted by atomic mass is 10.2. The van der Waals surface area contributed by atoms with Crippen LogP contribution in [0.1, 0.15) is 6.42 Å². The summed E-state index contributed by atoms with van der Waals surface area (Å²) in [6.45, 7) is 1.81. The van der Waals surface area contributed by atoms with Crippen molar-refractivity contribution in [2.24, 2.45) is 0 Å². The summed E-state index contributed by atoms with van der Waals surface area (Å²) in [7, 11) is 3.32. The van der Waals surface area contributed by atoms with E-state index in [9.17, 15) is 0 Å². The van der Waals surface area contributed by atoms with Crippen LogP contribution >= 0.6 is 11.6 Å². The Morgan fingerprint density at radius 1 is 1.13 bits per heavy atom. The minimum atomic E-state index is 0.286. The van der Waals surface area contributed by atoms with E-state index >= 15 is 0 Å². The molecule has 0 spiro atoms. The highest BCUT2D eigenvalue weighted by atomic mass is 35.5. The zero-order valence-electron chi connectivity index (χ0n) is 13.1. The first-order valence-corrected chi connectivity index (χ1v) is 7.78. The molecule has 3 rings (SSSR count). The molecule has 1 saturated heterocycles. The van der Waals surface area contributed by atoms with Gasteiger partial charge in [-0.25, -0.2) is 9.97 Å². The normalized spacial score (nSPS) is 17.2. The van der Waals surface area contributed by atoms with Gasteiger partial charge in [0.15, 0.2) is 0 Å². The van der Waals surface area contributed by atoms with E-state index in [1.807, 2.05) is 18.2 Å². The predicted molar refractivity (Wildman–Crippen MR) is 90.8 cm³/mol. The Bertz CT molecular complexity index is 643. The summed E-state index contributed by atoms with van der Waals surface area (Å²) in [6.07, 6.45) is 4.19. The van der Waals surface area contributed by atoms with Gasteiger partial charge in [-0.3, -0.25) is 0 Å². The van der Waals surface area contributed by atoms with Crippen molar-refractivity contribution in [3.05, 3.63) is 35.6 Å². The Morgan fingerprint density at radius 3 is 2.39 bits per heavy atom. The van der Waals surface area contributed by atoms with E-state index < -0.39 is 0 Å². The molecule has 6 nitrogen and oxygen atoms in total. The summed E-state index contributed by atoms with van der Waals surface area (Å²) < 4.78 is 10.7. The number of benzene rings is 1. The number of halogens is 1. The Hall–Kier alpha value is -2.21. The molecule has 1 unspecified atom stereocenters. The molecule has 122 valence electrons. The predicted octanol–water partition coefficient (Wildman–Crippen LogP) is 2.84. The van der Waals surface area contributed by atoms with Gasteiger partial charge in [0.25, 0.3) is 0 Å². The Balaban J connectivity index is 1.68. The molecule has 1 fully saturated rings. The molecule has 1 aliphatic rings. The third-order valence-corrected chi connectivity index (χ3v) is 4.04. The lowest BCUT2D eigenvalue weighted by Gasteiger charge is -2.20. The summed E-state index contributed by atoms with van der Waals surface area (Å²) in [5.41, 5.74) is 1.09. The summed E-state index contributed by atoms with van der Waals surface area (Å²) in [5, 5.41) is 3.87. The van der Waals surface area contributed by atoms with Crippen LogP contribution in [0.3, 0.4) is 0 Å². The van der Waals surface area contributed by atoms with Crippen LogP contribution in [-0.2, 0) is 0 Å². The quantitative estimate of drug-likeness (QED) is 0.907. The van der Waals surface area contributed by atoms with Gasteiger partial charge in [0.1, 0.15) is 11.5 Å². The average Bonchev–Trinajstić information content (AvgIpc) is 3.05. The lowest BCUT2D eigenvalue weighted by Crippen LogP contribution is -2.26. The fourth-order valence-electron chi connectivity index (χ4n) is 2.66. The van der Waals surface area contributed by atoms with Crippen molar-refractivity contribution in [2.75, 3.05) is 37.5 Å². The zero-order valence-corrected chi connectivity index (χ0v) is 13.9. The number of ether oxygens (including phenoxy) is 2. The van der Waals surface area contributed by atoms with Gasteiger partial charge in [-0.1, -0.05) is 11.6 Å². The molecular formula is C16H19ClN4O2. The molecule has 0 radical (unpaired) electrons. The first kappa shape index (κ1) is 15.7. The number of hydrogen-bond donors (Lipinski definition) is 1. The van der Waals surface area contributed by atoms with Crippen molar-refractivity contribution >= 4 is 23.2 Å². The standard InChI is InChI=1S/C16H19ClN4O2/c1-22-14-5-13(6-15(7-14)23-2)21-4-3-12(10-21)20-16-18-8-11(17)9-19-16/h5-9,12H,3-4,10H2,1-2H3,(H,18,19,20). The van der Waals surface area contributed by atoms with Crippen LogP contribution in [0.25, 0.3) is 0 Å². The summed E-state index contributed by atoms with van der Waals surface area (Å²) >= 11 is 5.80. The van der Waals surface area contributed by atoms with E-state index in [4.69, 9.17) is 21.1 Å². The molecular weight excluding hydrogens is 316 g/mol. The first-order valence-electron chi connectivity index (χ1n) is 7.40. The maximum Gasteiger partial charge on any atom is 0.222 e. The second-order valence-corrected chi connectivity index (χ2v) is 5.81. The van der Waals surface area contributed by atoms with E-state index in [0.717, 1.165) is 36.7 Å². The van der Waals surface area contributed by atoms with Crippen LogP contribution in [0.15, 0.2) is 30.6 Å². The van der Waals surface area contributed by atoms with E-state index in [1.54, 1.807) is 26.6 Å². The van der Waals surface area contributed by atoms with Gasteiger partial charge in [0.2, 0.25) is 5.95 Å². The number of aromatic nitrogens is 2. The van der Waals surface area contributed by atoms with Crippen molar-refractivity contribution in [1.29, 1.82) is 0 Å². The molecule has 0 bridgehead atoms. The maximum atomic E-state index is 5.80. The van der Waals surface area contributed by atoms with Crippen LogP contribution in [-0.4, -0.2) is 43.3 Å². The number of rotatable bonds is 5. The van der Waals surface area contributed by atoms with Crippen molar-refractivity contribution in [3.63, 3.8) is 0 Å². The fourth-order valence-corrected chi connectivity index (χ4v) is 2.75. The van der Waals surface area contributed by atoms with Gasteiger partial charge < -0.3 is 19.7 Å². The third-order valence-electron chi connectivity index (χ3n) is 3.84. The molecule has 1 aromatic heterocycles. The van der Waals surface area contributed by atoms with Gasteiger partial charge in [-0.05, 0) is 6.42 Å². The van der Waals surface area contributed by atoms with Gasteiger partial charge in [0, 0.05) is 43.0 Å². The molecule has 0 aliphatic carbocycles. The highest BCUT2D eigenvalue weighted by Gasteiger charge is 2.24. The van der Waals surface area contributed by atoms with Crippen molar-refractivity contribution < 1.29 is 9.47 Å². The average molecular weight is 335 g/mol. The highest BCUT2D eigenvalue weighted by Crippen LogP contribution is 2.30. The minimum Gasteiger partial charge on any atom is -0.497 e. The van der Waals surface area contributed by atoms with Crippen LogP contribution < -0.4 is 19.7 Å². The van der Waals surface area contributed by atoms with Crippen LogP contribution in [0.2, 0.25) is 5.02 Å². The van der Waals surface area contributed by atoms with Crippen LogP contribution in [0, 0.1) is 0 Å². The van der Waals surface area contributed by atoms with Gasteiger partial charge >= 0.3 is 0 Å². The van der Waals surface area contributed by atoms with Gasteiger partial charge in [0.05, 0.1) is 31.6 Å². The molecule has 2 heterocycles. The second-order valence-electron chi connectivity index (χ2n) is 5.37. The third kappa shape index (κ3) is 3.76. The number of nitrogens with zero attached hydrogens (tertiary/aromatic N) is 3. The van der Waals surface area contributed by atoms with Crippen molar-refractivity contribution in [3.8, 4) is 11.5 Å². The largest absolute Gasteiger partial charge is 0.497 e. The topological polar surface area (TPSA) is 59.5 Å². The van der Waals surface area contributed by atoms with Crippen molar-refractivity contribution in [1.82, 2.24) is 9.97 Å². The molecule has 7 heteroatoms. The van der Waals surface area contributed by atoms with Gasteiger partial charge in [-0.2, -0.15) is 0 Å². The summed E-state index contributed by atoms with van der Waals surface area (Å²) in [6, 6.07) is 6.19. The Labute approximate surface area is 140 Å². The number of anilines is 2. The fraction of sp³-hybridized carbons (Fsp3) is 0.375. The smallest absolute Gasteiger partial charge is 0.222 e. The number of methoxy groups -OCH3 is 2. The summed E-state index contributed by atoms with van der Waals surface area (Å²) in [4.78, 5) is 10.7. The zero-order chi connectivity index (χ0) is 16.2. The number of hydrogen-bond acceptors (Lipinski definition) is 6. The number of nitrogens with one attached hydrogen (secondary N) is 1. The Kier molecular flexibility index (Phi) is 4.71. The van der Waals surface area contributed by atoms with E-state index in [-0.39, 0.29) is 6.04 Å². The second kappa shape index (κ2) is 6.91. The van der Waals surface area contributed by atoms with Crippen LogP contribution in [0.5, 0.6) is 11.5 Å². The van der Waals surface area contributed by atoms with Gasteiger partial charge in [-0.15, -0.1) is 0 Å². The summed E-state index contributed by atoms with van der Waals surface area (Å²) in [5.74, 6) is 2.18. The molecule has 23 heavy (non-hydrogen) atoms. The maximum absolute atomic E-state index is 5.80. The molecule has 1 atom stereocenters. The lowest BCUT2D eigenvalue weighted by molar-refractivity contribution is 0.394. The van der Waals surface area contributed by atoms with Crippen molar-refractivity contribution in [2.45, 2.75) is 12.5 Å². The Morgan fingerprint density at radius 2 is 1.78 bits per heavy atom. The molecule has 1 aliphatic heterocycles. The molecule has 2 aromatic rings. The molecule has 1 N–H and O–H groups in total. The molecule has 1 aromatic carbocycles. The minimum absolute atomic E-state index is 0.286. The van der Waals surface area contributed by atoms with E-state index in [0.29, 0.717) is 11.0 Å². The molecule has 0 saturated carbocycles. The van der Waals surface area contributed by atoms with E-state index in [2.05, 4.69) is 20.2 Å². The SMILES string of the molecule is COc1cc(OC)cc(N2CCC(Nc3ncc(Cl)cn3)C2)c1. The monoisotopic (exact) mass is 334 g/mol. The molecule has 0 amide bonds. The van der Waals surface area contributed by atoms with Crippen LogP contribution in [0.4, 0.5) is 11.6 Å².